The number of halogens is 1. The van der Waals surface area contributed by atoms with Crippen LogP contribution in [0.3, 0.4) is 0 Å². The van der Waals surface area contributed by atoms with Crippen molar-refractivity contribution < 1.29 is 10.0 Å². The van der Waals surface area contributed by atoms with E-state index in [9.17, 15) is 15.2 Å². The topological polar surface area (TPSA) is 75.4 Å². The third-order valence-corrected chi connectivity index (χ3v) is 3.65. The predicted molar refractivity (Wildman–Crippen MR) is 76.8 cm³/mol. The molecule has 0 heterocycles. The molecule has 0 aliphatic rings. The minimum atomic E-state index is -0.877. The fourth-order valence-corrected chi connectivity index (χ4v) is 1.85. The van der Waals surface area contributed by atoms with Gasteiger partial charge in [-0.3, -0.25) is 10.1 Å². The van der Waals surface area contributed by atoms with Crippen LogP contribution >= 0.6 is 11.6 Å². The molecule has 0 fully saturated rings. The van der Waals surface area contributed by atoms with Gasteiger partial charge in [-0.25, -0.2) is 0 Å². The van der Waals surface area contributed by atoms with Gasteiger partial charge in [0.1, 0.15) is 0 Å². The number of benzene rings is 1. The number of nitrogens with one attached hydrogen (secondary N) is 1. The normalized spacial score (nSPS) is 14.3. The van der Waals surface area contributed by atoms with E-state index in [1.165, 1.54) is 12.1 Å². The highest BCUT2D eigenvalue weighted by Gasteiger charge is 2.25. The van der Waals surface area contributed by atoms with Crippen molar-refractivity contribution in [2.24, 2.45) is 5.92 Å². The fraction of sp³-hybridized carbons (Fsp3) is 0.538. The first-order valence-corrected chi connectivity index (χ1v) is 6.43. The quantitative estimate of drug-likeness (QED) is 0.643. The number of anilines is 1. The average molecular weight is 287 g/mol. The second-order valence-corrected chi connectivity index (χ2v) is 5.65. The first-order valence-electron chi connectivity index (χ1n) is 6.06. The second kappa shape index (κ2) is 5.75. The van der Waals surface area contributed by atoms with E-state index in [-0.39, 0.29) is 16.6 Å². The van der Waals surface area contributed by atoms with Crippen LogP contribution in [0.4, 0.5) is 11.4 Å². The van der Waals surface area contributed by atoms with Gasteiger partial charge in [-0.05, 0) is 25.3 Å². The van der Waals surface area contributed by atoms with E-state index >= 15 is 0 Å². The van der Waals surface area contributed by atoms with Gasteiger partial charge < -0.3 is 10.4 Å². The third kappa shape index (κ3) is 3.81. The zero-order chi connectivity index (χ0) is 14.8. The van der Waals surface area contributed by atoms with Crippen molar-refractivity contribution in [3.05, 3.63) is 32.8 Å². The summed E-state index contributed by atoms with van der Waals surface area (Å²) in [6.07, 6.45) is 0. The molecule has 0 aliphatic heterocycles. The summed E-state index contributed by atoms with van der Waals surface area (Å²) in [4.78, 5) is 10.2. The Hall–Kier alpha value is -1.33. The summed E-state index contributed by atoms with van der Waals surface area (Å²) in [5, 5.41) is 24.2. The van der Waals surface area contributed by atoms with E-state index in [1.807, 2.05) is 13.8 Å². The van der Waals surface area contributed by atoms with Crippen LogP contribution in [0.1, 0.15) is 26.3 Å². The summed E-state index contributed by atoms with van der Waals surface area (Å²) in [6.45, 7) is 7.64. The van der Waals surface area contributed by atoms with Crippen LogP contribution < -0.4 is 5.32 Å². The highest BCUT2D eigenvalue weighted by atomic mass is 35.5. The number of hydrogen-bond donors (Lipinski definition) is 2. The number of aryl methyl sites for hydroxylation is 1. The molecule has 1 rings (SSSR count). The number of nitrogens with zero attached hydrogens (tertiary/aromatic N) is 1. The van der Waals surface area contributed by atoms with Crippen LogP contribution in [0.15, 0.2) is 12.1 Å². The second-order valence-electron chi connectivity index (χ2n) is 5.24. The largest absolute Gasteiger partial charge is 0.388 e. The van der Waals surface area contributed by atoms with Crippen LogP contribution in [0.5, 0.6) is 0 Å². The Bertz CT molecular complexity index is 464. The maximum atomic E-state index is 10.7. The van der Waals surface area contributed by atoms with Gasteiger partial charge in [-0.2, -0.15) is 0 Å². The molecule has 0 spiro atoms. The van der Waals surface area contributed by atoms with Crippen molar-refractivity contribution in [2.75, 3.05) is 11.9 Å². The molecular formula is C13H19ClN2O3. The van der Waals surface area contributed by atoms with Crippen LogP contribution in [-0.2, 0) is 0 Å². The molecule has 0 amide bonds. The van der Waals surface area contributed by atoms with E-state index < -0.39 is 10.5 Å². The third-order valence-electron chi connectivity index (χ3n) is 3.35. The van der Waals surface area contributed by atoms with Gasteiger partial charge in [-0.1, -0.05) is 25.4 Å². The van der Waals surface area contributed by atoms with Gasteiger partial charge in [0.15, 0.2) is 0 Å². The van der Waals surface area contributed by atoms with E-state index in [4.69, 9.17) is 11.6 Å². The summed E-state index contributed by atoms with van der Waals surface area (Å²) < 4.78 is 0. The van der Waals surface area contributed by atoms with Crippen molar-refractivity contribution in [1.82, 2.24) is 0 Å². The Kier molecular flexibility index (Phi) is 4.76. The van der Waals surface area contributed by atoms with Crippen LogP contribution in [-0.4, -0.2) is 22.2 Å². The lowest BCUT2D eigenvalue weighted by Crippen LogP contribution is -2.38. The number of rotatable bonds is 5. The summed E-state index contributed by atoms with van der Waals surface area (Å²) in [6, 6.07) is 2.76. The van der Waals surface area contributed by atoms with Crippen molar-refractivity contribution in [2.45, 2.75) is 33.3 Å². The van der Waals surface area contributed by atoms with Gasteiger partial charge in [0.05, 0.1) is 21.2 Å². The Labute approximate surface area is 117 Å². The first-order chi connectivity index (χ1) is 8.65. The van der Waals surface area contributed by atoms with E-state index in [0.29, 0.717) is 17.8 Å². The van der Waals surface area contributed by atoms with Gasteiger partial charge >= 0.3 is 0 Å². The minimum absolute atomic E-state index is 0.0383. The summed E-state index contributed by atoms with van der Waals surface area (Å²) in [7, 11) is 0. The van der Waals surface area contributed by atoms with E-state index in [2.05, 4.69) is 5.32 Å². The van der Waals surface area contributed by atoms with Gasteiger partial charge in [-0.15, -0.1) is 0 Å². The van der Waals surface area contributed by atoms with Crippen molar-refractivity contribution in [1.29, 1.82) is 0 Å². The standard InChI is InChI=1S/C13H19ClN2O3/c1-8(2)13(4,17)7-15-12-9(3)5-10(16(18)19)6-11(12)14/h5-6,8,15,17H,7H2,1-4H3. The predicted octanol–water partition coefficient (Wildman–Crippen LogP) is 3.38. The molecular weight excluding hydrogens is 268 g/mol. The van der Waals surface area contributed by atoms with Gasteiger partial charge in [0.2, 0.25) is 0 Å². The lowest BCUT2D eigenvalue weighted by Gasteiger charge is -2.28. The molecule has 0 saturated heterocycles. The van der Waals surface area contributed by atoms with Crippen LogP contribution in [0.2, 0.25) is 5.02 Å². The van der Waals surface area contributed by atoms with Crippen LogP contribution in [0, 0.1) is 23.0 Å². The fourth-order valence-electron chi connectivity index (χ4n) is 1.53. The minimum Gasteiger partial charge on any atom is -0.388 e. The van der Waals surface area contributed by atoms with Gasteiger partial charge in [0, 0.05) is 18.7 Å². The number of non-ortho nitro benzene ring substituents is 1. The Morgan fingerprint density at radius 1 is 1.53 bits per heavy atom. The number of nitro groups is 1. The summed E-state index contributed by atoms with van der Waals surface area (Å²) in [5.74, 6) is 0.0807. The maximum Gasteiger partial charge on any atom is 0.271 e. The first kappa shape index (κ1) is 15.7. The molecule has 5 nitrogen and oxygen atoms in total. The lowest BCUT2D eigenvalue weighted by atomic mass is 9.92. The molecule has 0 saturated carbocycles. The van der Waals surface area contributed by atoms with E-state index in [0.717, 1.165) is 0 Å². The molecule has 6 heteroatoms. The Balaban J connectivity index is 2.94. The summed E-state index contributed by atoms with van der Waals surface area (Å²) in [5.41, 5.74) is 0.382. The molecule has 1 unspecified atom stereocenters. The Morgan fingerprint density at radius 2 is 2.11 bits per heavy atom. The van der Waals surface area contributed by atoms with Crippen molar-refractivity contribution >= 4 is 23.0 Å². The molecule has 0 aliphatic carbocycles. The molecule has 1 aromatic rings. The smallest absolute Gasteiger partial charge is 0.271 e. The Morgan fingerprint density at radius 3 is 2.53 bits per heavy atom. The highest BCUT2D eigenvalue weighted by molar-refractivity contribution is 6.33. The molecule has 2 N–H and O–H groups in total. The maximum absolute atomic E-state index is 10.7. The molecule has 0 aromatic heterocycles. The monoisotopic (exact) mass is 286 g/mol. The number of aliphatic hydroxyl groups is 1. The molecule has 1 atom stereocenters. The van der Waals surface area contributed by atoms with Crippen molar-refractivity contribution in [3.8, 4) is 0 Å². The summed E-state index contributed by atoms with van der Waals surface area (Å²) >= 11 is 6.04. The lowest BCUT2D eigenvalue weighted by molar-refractivity contribution is -0.384. The highest BCUT2D eigenvalue weighted by Crippen LogP contribution is 2.31. The average Bonchev–Trinajstić information content (AvgIpc) is 2.27. The zero-order valence-corrected chi connectivity index (χ0v) is 12.3. The molecule has 19 heavy (non-hydrogen) atoms. The SMILES string of the molecule is Cc1cc([N+](=O)[O-])cc(Cl)c1NCC(C)(O)C(C)C. The molecule has 1 aromatic carbocycles. The molecule has 106 valence electrons. The number of nitro benzene ring substituents is 1. The molecule has 0 radical (unpaired) electrons. The van der Waals surface area contributed by atoms with E-state index in [1.54, 1.807) is 13.8 Å². The van der Waals surface area contributed by atoms with Crippen molar-refractivity contribution in [3.63, 3.8) is 0 Å². The zero-order valence-electron chi connectivity index (χ0n) is 11.5. The molecule has 0 bridgehead atoms. The number of hydrogen-bond acceptors (Lipinski definition) is 4. The van der Waals surface area contributed by atoms with Gasteiger partial charge in [0.25, 0.3) is 5.69 Å². The van der Waals surface area contributed by atoms with Crippen LogP contribution in [0.25, 0.3) is 0 Å².